The van der Waals surface area contributed by atoms with Crippen molar-refractivity contribution in [2.75, 3.05) is 57.5 Å². The van der Waals surface area contributed by atoms with Gasteiger partial charge in [-0.3, -0.25) is 4.79 Å². The van der Waals surface area contributed by atoms with Crippen molar-refractivity contribution in [3.8, 4) is 0 Å². The van der Waals surface area contributed by atoms with Crippen molar-refractivity contribution in [3.05, 3.63) is 59.7 Å². The number of rotatable bonds is 6. The second kappa shape index (κ2) is 10.2. The monoisotopic (exact) mass is 458 g/mol. The van der Waals surface area contributed by atoms with Gasteiger partial charge in [0, 0.05) is 37.4 Å². The van der Waals surface area contributed by atoms with Crippen molar-refractivity contribution in [3.63, 3.8) is 0 Å². The summed E-state index contributed by atoms with van der Waals surface area (Å²) in [4.78, 5) is 14.8. The van der Waals surface area contributed by atoms with Crippen LogP contribution in [0.3, 0.4) is 0 Å². The molecule has 10 heteroatoms. The van der Waals surface area contributed by atoms with Gasteiger partial charge in [0.1, 0.15) is 0 Å². The van der Waals surface area contributed by atoms with Crippen LogP contribution in [-0.2, 0) is 19.5 Å². The molecule has 2 aliphatic heterocycles. The van der Waals surface area contributed by atoms with E-state index in [1.807, 2.05) is 24.3 Å². The summed E-state index contributed by atoms with van der Waals surface area (Å²) in [6.07, 6.45) is 1.55. The summed E-state index contributed by atoms with van der Waals surface area (Å²) in [7, 11) is -3.67. The third-order valence-electron chi connectivity index (χ3n) is 5.35. The van der Waals surface area contributed by atoms with E-state index in [-0.39, 0.29) is 10.5 Å². The number of sulfonamides is 1. The highest BCUT2D eigenvalue weighted by atomic mass is 32.2. The molecular weight excluding hydrogens is 432 g/mol. The first kappa shape index (κ1) is 22.4. The van der Waals surface area contributed by atoms with Crippen LogP contribution in [0.5, 0.6) is 0 Å². The number of hydrogen-bond acceptors (Lipinski definition) is 7. The lowest BCUT2D eigenvalue weighted by Crippen LogP contribution is -2.40. The maximum atomic E-state index is 12.8. The molecule has 2 aromatic rings. The van der Waals surface area contributed by atoms with E-state index in [9.17, 15) is 13.2 Å². The predicted molar refractivity (Wildman–Crippen MR) is 121 cm³/mol. The van der Waals surface area contributed by atoms with Gasteiger partial charge in [0.15, 0.2) is 0 Å². The highest BCUT2D eigenvalue weighted by molar-refractivity contribution is 7.89. The molecule has 0 radical (unpaired) electrons. The highest BCUT2D eigenvalue weighted by Gasteiger charge is 2.26. The van der Waals surface area contributed by atoms with Crippen LogP contribution in [0.25, 0.3) is 0 Å². The molecule has 0 aliphatic carbocycles. The molecule has 0 aromatic heterocycles. The van der Waals surface area contributed by atoms with E-state index in [4.69, 9.17) is 9.47 Å². The number of nitrogens with one attached hydrogen (secondary N) is 1. The SMILES string of the molecule is O=C(N/N=C\c1ccc(N2CCOCC2)cc1)c1cccc(S(=O)(=O)N2CCOCC2)c1. The summed E-state index contributed by atoms with van der Waals surface area (Å²) < 4.78 is 37.6. The molecule has 2 aliphatic rings. The Morgan fingerprint density at radius 2 is 1.59 bits per heavy atom. The van der Waals surface area contributed by atoms with E-state index in [1.165, 1.54) is 16.4 Å². The van der Waals surface area contributed by atoms with Gasteiger partial charge in [0.2, 0.25) is 10.0 Å². The Morgan fingerprint density at radius 1 is 0.938 bits per heavy atom. The zero-order chi connectivity index (χ0) is 22.4. The number of ether oxygens (including phenoxy) is 2. The maximum absolute atomic E-state index is 12.8. The normalized spacial score (nSPS) is 18.1. The molecule has 2 fully saturated rings. The molecule has 170 valence electrons. The summed E-state index contributed by atoms with van der Waals surface area (Å²) in [6, 6.07) is 13.8. The summed E-state index contributed by atoms with van der Waals surface area (Å²) in [5.74, 6) is -0.481. The van der Waals surface area contributed by atoms with Gasteiger partial charge >= 0.3 is 0 Å². The van der Waals surface area contributed by atoms with Gasteiger partial charge in [0.05, 0.1) is 37.5 Å². The number of amides is 1. The van der Waals surface area contributed by atoms with Gasteiger partial charge < -0.3 is 14.4 Å². The van der Waals surface area contributed by atoms with Gasteiger partial charge in [-0.15, -0.1) is 0 Å². The van der Waals surface area contributed by atoms with Gasteiger partial charge in [-0.1, -0.05) is 18.2 Å². The average Bonchev–Trinajstić information content (AvgIpc) is 2.85. The third kappa shape index (κ3) is 5.33. The zero-order valence-corrected chi connectivity index (χ0v) is 18.5. The molecule has 1 amide bonds. The Labute approximate surface area is 187 Å². The number of morpholine rings is 2. The molecule has 2 saturated heterocycles. The molecule has 32 heavy (non-hydrogen) atoms. The van der Waals surface area contributed by atoms with Crippen LogP contribution < -0.4 is 10.3 Å². The maximum Gasteiger partial charge on any atom is 0.271 e. The first-order valence-electron chi connectivity index (χ1n) is 10.5. The molecule has 9 nitrogen and oxygen atoms in total. The molecular formula is C22H26N4O5S. The molecule has 0 spiro atoms. The zero-order valence-electron chi connectivity index (χ0n) is 17.6. The summed E-state index contributed by atoms with van der Waals surface area (Å²) >= 11 is 0. The number of carbonyl (C=O) groups is 1. The van der Waals surface area contributed by atoms with Crippen LogP contribution in [0.15, 0.2) is 58.5 Å². The minimum atomic E-state index is -3.67. The summed E-state index contributed by atoms with van der Waals surface area (Å²) in [5.41, 5.74) is 4.64. The van der Waals surface area contributed by atoms with Crippen LogP contribution in [0, 0.1) is 0 Å². The molecule has 0 atom stereocenters. The summed E-state index contributed by atoms with van der Waals surface area (Å²) in [5, 5.41) is 4.01. The first-order chi connectivity index (χ1) is 15.5. The number of nitrogens with zero attached hydrogens (tertiary/aromatic N) is 3. The van der Waals surface area contributed by atoms with Crippen molar-refractivity contribution >= 4 is 27.8 Å². The quantitative estimate of drug-likeness (QED) is 0.518. The second-order valence-electron chi connectivity index (χ2n) is 7.43. The number of carbonyl (C=O) groups excluding carboxylic acids is 1. The lowest BCUT2D eigenvalue weighted by molar-refractivity contribution is 0.0730. The van der Waals surface area contributed by atoms with E-state index in [1.54, 1.807) is 18.3 Å². The van der Waals surface area contributed by atoms with Crippen LogP contribution in [0.4, 0.5) is 5.69 Å². The number of benzene rings is 2. The van der Waals surface area contributed by atoms with E-state index in [0.717, 1.165) is 37.6 Å². The predicted octanol–water partition coefficient (Wildman–Crippen LogP) is 1.31. The Morgan fingerprint density at radius 3 is 2.28 bits per heavy atom. The van der Waals surface area contributed by atoms with Gasteiger partial charge in [-0.05, 0) is 35.9 Å². The smallest absolute Gasteiger partial charge is 0.271 e. The van der Waals surface area contributed by atoms with Crippen molar-refractivity contribution in [2.24, 2.45) is 5.10 Å². The number of anilines is 1. The summed E-state index contributed by atoms with van der Waals surface area (Å²) in [6.45, 7) is 4.51. The van der Waals surface area contributed by atoms with Gasteiger partial charge in [-0.25, -0.2) is 13.8 Å². The fourth-order valence-electron chi connectivity index (χ4n) is 3.56. The fraction of sp³-hybridized carbons (Fsp3) is 0.364. The van der Waals surface area contributed by atoms with E-state index in [0.29, 0.717) is 26.3 Å². The van der Waals surface area contributed by atoms with E-state index >= 15 is 0 Å². The topological polar surface area (TPSA) is 101 Å². The third-order valence-corrected chi connectivity index (χ3v) is 7.25. The van der Waals surface area contributed by atoms with E-state index in [2.05, 4.69) is 15.4 Å². The minimum Gasteiger partial charge on any atom is -0.379 e. The van der Waals surface area contributed by atoms with Crippen molar-refractivity contribution < 1.29 is 22.7 Å². The molecule has 0 saturated carbocycles. The van der Waals surface area contributed by atoms with Crippen molar-refractivity contribution in [1.29, 1.82) is 0 Å². The Kier molecular flexibility index (Phi) is 7.15. The van der Waals surface area contributed by atoms with E-state index < -0.39 is 15.9 Å². The average molecular weight is 459 g/mol. The highest BCUT2D eigenvalue weighted by Crippen LogP contribution is 2.19. The van der Waals surface area contributed by atoms with Crippen molar-refractivity contribution in [2.45, 2.75) is 4.90 Å². The lowest BCUT2D eigenvalue weighted by atomic mass is 10.2. The van der Waals surface area contributed by atoms with Crippen LogP contribution in [0.1, 0.15) is 15.9 Å². The second-order valence-corrected chi connectivity index (χ2v) is 9.37. The molecule has 4 rings (SSSR count). The molecule has 2 heterocycles. The largest absolute Gasteiger partial charge is 0.379 e. The Balaban J connectivity index is 1.37. The molecule has 0 bridgehead atoms. The van der Waals surface area contributed by atoms with Gasteiger partial charge in [-0.2, -0.15) is 9.41 Å². The number of hydrazone groups is 1. The van der Waals surface area contributed by atoms with Crippen LogP contribution >= 0.6 is 0 Å². The fourth-order valence-corrected chi connectivity index (χ4v) is 5.01. The minimum absolute atomic E-state index is 0.0785. The van der Waals surface area contributed by atoms with Crippen molar-refractivity contribution in [1.82, 2.24) is 9.73 Å². The Hall–Kier alpha value is -2.79. The van der Waals surface area contributed by atoms with Crippen LogP contribution in [-0.4, -0.2) is 77.5 Å². The molecule has 0 unspecified atom stereocenters. The van der Waals surface area contributed by atoms with Gasteiger partial charge in [0.25, 0.3) is 5.91 Å². The lowest BCUT2D eigenvalue weighted by Gasteiger charge is -2.28. The standard InChI is InChI=1S/C22H26N4O5S/c27-22(19-2-1-3-21(16-19)32(28,29)26-10-14-31-15-11-26)24-23-17-18-4-6-20(7-5-18)25-8-12-30-13-9-25/h1-7,16-17H,8-15H2,(H,24,27)/b23-17-. The molecule has 2 aromatic carbocycles. The first-order valence-corrected chi connectivity index (χ1v) is 11.9. The van der Waals surface area contributed by atoms with Crippen LogP contribution in [0.2, 0.25) is 0 Å². The number of hydrogen-bond donors (Lipinski definition) is 1. The Bertz CT molecular complexity index is 1060. The molecule has 1 N–H and O–H groups in total.